The van der Waals surface area contributed by atoms with Crippen molar-refractivity contribution in [2.24, 2.45) is 0 Å². The molecule has 3 rings (SSSR count). The van der Waals surface area contributed by atoms with Gasteiger partial charge in [-0.15, -0.1) is 0 Å². The molecule has 0 aliphatic carbocycles. The predicted octanol–water partition coefficient (Wildman–Crippen LogP) is 4.51. The largest absolute Gasteiger partial charge is 0.354 e. The minimum atomic E-state index is -0.298. The van der Waals surface area contributed by atoms with Gasteiger partial charge in [-0.05, 0) is 66.9 Å². The van der Waals surface area contributed by atoms with E-state index in [1.807, 2.05) is 12.1 Å². The van der Waals surface area contributed by atoms with Gasteiger partial charge in [0.25, 0.3) is 5.91 Å². The molecule has 0 aliphatic heterocycles. The third-order valence-corrected chi connectivity index (χ3v) is 4.16. The smallest absolute Gasteiger partial charge is 0.270 e. The molecule has 132 valence electrons. The van der Waals surface area contributed by atoms with Crippen LogP contribution in [-0.2, 0) is 6.54 Å². The van der Waals surface area contributed by atoms with Crippen molar-refractivity contribution in [3.63, 3.8) is 0 Å². The number of carbonyl (C=O) groups is 1. The first kappa shape index (κ1) is 17.6. The van der Waals surface area contributed by atoms with E-state index in [0.29, 0.717) is 12.2 Å². The molecule has 0 saturated carbocycles. The molecule has 0 atom stereocenters. The van der Waals surface area contributed by atoms with Crippen molar-refractivity contribution >= 4 is 17.3 Å². The zero-order valence-electron chi connectivity index (χ0n) is 14.7. The number of pyridine rings is 1. The van der Waals surface area contributed by atoms with Gasteiger partial charge in [0.15, 0.2) is 0 Å². The minimum absolute atomic E-state index is 0.271. The number of carbonyl (C=O) groups excluding carboxylic acids is 1. The van der Waals surface area contributed by atoms with Crippen LogP contribution in [0.25, 0.3) is 0 Å². The molecule has 0 aliphatic rings. The second kappa shape index (κ2) is 7.78. The minimum Gasteiger partial charge on any atom is -0.354 e. The molecule has 4 nitrogen and oxygen atoms in total. The van der Waals surface area contributed by atoms with Crippen molar-refractivity contribution in [1.29, 1.82) is 0 Å². The van der Waals surface area contributed by atoms with Crippen LogP contribution in [0.15, 0.2) is 60.8 Å². The molecule has 2 aromatic carbocycles. The van der Waals surface area contributed by atoms with Crippen LogP contribution in [0.2, 0.25) is 0 Å². The fourth-order valence-electron chi connectivity index (χ4n) is 2.46. The fraction of sp³-hybridized carbons (Fsp3) is 0.143. The standard InChI is InChI=1S/C21H20FN3O/c1-14-3-8-18(11-15(14)2)25-19-9-10-20(23-13-19)21(26)24-12-16-4-6-17(22)7-5-16/h3-11,13,25H,12H2,1-2H3,(H,24,26). The average molecular weight is 349 g/mol. The molecule has 0 saturated heterocycles. The summed E-state index contributed by atoms with van der Waals surface area (Å²) >= 11 is 0. The second-order valence-electron chi connectivity index (χ2n) is 6.17. The van der Waals surface area contributed by atoms with Crippen LogP contribution in [0, 0.1) is 19.7 Å². The van der Waals surface area contributed by atoms with Crippen molar-refractivity contribution < 1.29 is 9.18 Å². The van der Waals surface area contributed by atoms with Crippen LogP contribution in [0.3, 0.4) is 0 Å². The van der Waals surface area contributed by atoms with Gasteiger partial charge in [0.1, 0.15) is 11.5 Å². The number of rotatable bonds is 5. The van der Waals surface area contributed by atoms with Crippen LogP contribution >= 0.6 is 0 Å². The van der Waals surface area contributed by atoms with Gasteiger partial charge in [-0.25, -0.2) is 9.37 Å². The summed E-state index contributed by atoms with van der Waals surface area (Å²) in [6.07, 6.45) is 1.63. The zero-order valence-corrected chi connectivity index (χ0v) is 14.7. The average Bonchev–Trinajstić information content (AvgIpc) is 2.65. The molecule has 2 N–H and O–H groups in total. The maximum absolute atomic E-state index is 12.9. The lowest BCUT2D eigenvalue weighted by molar-refractivity contribution is 0.0946. The summed E-state index contributed by atoms with van der Waals surface area (Å²) in [7, 11) is 0. The second-order valence-corrected chi connectivity index (χ2v) is 6.17. The number of amides is 1. The van der Waals surface area contributed by atoms with Crippen molar-refractivity contribution in [3.8, 4) is 0 Å². The molecule has 26 heavy (non-hydrogen) atoms. The Labute approximate surface area is 152 Å². The molecule has 5 heteroatoms. The molecular formula is C21H20FN3O. The van der Waals surface area contributed by atoms with Gasteiger partial charge in [-0.3, -0.25) is 4.79 Å². The van der Waals surface area contributed by atoms with E-state index in [4.69, 9.17) is 0 Å². The highest BCUT2D eigenvalue weighted by Gasteiger charge is 2.07. The number of benzene rings is 2. The Morgan fingerprint density at radius 3 is 2.35 bits per heavy atom. The molecule has 0 bridgehead atoms. The van der Waals surface area contributed by atoms with Crippen LogP contribution in [0.1, 0.15) is 27.2 Å². The first-order valence-corrected chi connectivity index (χ1v) is 8.34. The van der Waals surface area contributed by atoms with E-state index in [9.17, 15) is 9.18 Å². The van der Waals surface area contributed by atoms with E-state index in [2.05, 4.69) is 41.6 Å². The van der Waals surface area contributed by atoms with E-state index in [-0.39, 0.29) is 11.7 Å². The van der Waals surface area contributed by atoms with Gasteiger partial charge in [0, 0.05) is 12.2 Å². The molecule has 1 amide bonds. The number of hydrogen-bond acceptors (Lipinski definition) is 3. The molecule has 1 heterocycles. The summed E-state index contributed by atoms with van der Waals surface area (Å²) in [4.78, 5) is 16.4. The normalized spacial score (nSPS) is 10.4. The third-order valence-electron chi connectivity index (χ3n) is 4.16. The highest BCUT2D eigenvalue weighted by molar-refractivity contribution is 5.92. The molecule has 0 unspecified atom stereocenters. The lowest BCUT2D eigenvalue weighted by Crippen LogP contribution is -2.23. The number of anilines is 2. The highest BCUT2D eigenvalue weighted by Crippen LogP contribution is 2.19. The number of halogens is 1. The SMILES string of the molecule is Cc1ccc(Nc2ccc(C(=O)NCc3ccc(F)cc3)nc2)cc1C. The van der Waals surface area contributed by atoms with Crippen molar-refractivity contribution in [3.05, 3.63) is 89.0 Å². The van der Waals surface area contributed by atoms with E-state index < -0.39 is 0 Å². The van der Waals surface area contributed by atoms with Gasteiger partial charge in [-0.2, -0.15) is 0 Å². The summed E-state index contributed by atoms with van der Waals surface area (Å²) in [5, 5.41) is 6.04. The molecule has 0 spiro atoms. The quantitative estimate of drug-likeness (QED) is 0.712. The Hall–Kier alpha value is -3.21. The van der Waals surface area contributed by atoms with Gasteiger partial charge < -0.3 is 10.6 Å². The summed E-state index contributed by atoms with van der Waals surface area (Å²) in [5.41, 5.74) is 5.39. The van der Waals surface area contributed by atoms with Gasteiger partial charge in [0.05, 0.1) is 11.9 Å². The Morgan fingerprint density at radius 2 is 1.69 bits per heavy atom. The fourth-order valence-corrected chi connectivity index (χ4v) is 2.46. The maximum atomic E-state index is 12.9. The van der Waals surface area contributed by atoms with Crippen LogP contribution in [0.5, 0.6) is 0 Å². The number of nitrogens with zero attached hydrogens (tertiary/aromatic N) is 1. The lowest BCUT2D eigenvalue weighted by atomic mass is 10.1. The number of aryl methyl sites for hydroxylation is 2. The summed E-state index contributed by atoms with van der Waals surface area (Å²) in [5.74, 6) is -0.569. The van der Waals surface area contributed by atoms with Gasteiger partial charge in [0.2, 0.25) is 0 Å². The molecule has 0 radical (unpaired) electrons. The van der Waals surface area contributed by atoms with Crippen LogP contribution < -0.4 is 10.6 Å². The predicted molar refractivity (Wildman–Crippen MR) is 101 cm³/mol. The first-order valence-electron chi connectivity index (χ1n) is 8.34. The lowest BCUT2D eigenvalue weighted by Gasteiger charge is -2.09. The van der Waals surface area contributed by atoms with Crippen LogP contribution in [-0.4, -0.2) is 10.9 Å². The van der Waals surface area contributed by atoms with E-state index >= 15 is 0 Å². The number of hydrogen-bond donors (Lipinski definition) is 2. The topological polar surface area (TPSA) is 54.0 Å². The molecular weight excluding hydrogens is 329 g/mol. The van der Waals surface area contributed by atoms with Crippen molar-refractivity contribution in [2.45, 2.75) is 20.4 Å². The van der Waals surface area contributed by atoms with Crippen molar-refractivity contribution in [2.75, 3.05) is 5.32 Å². The van der Waals surface area contributed by atoms with Gasteiger partial charge in [-0.1, -0.05) is 18.2 Å². The molecule has 3 aromatic rings. The Morgan fingerprint density at radius 1 is 0.962 bits per heavy atom. The third kappa shape index (κ3) is 4.45. The highest BCUT2D eigenvalue weighted by atomic mass is 19.1. The molecule has 1 aromatic heterocycles. The van der Waals surface area contributed by atoms with Gasteiger partial charge >= 0.3 is 0 Å². The number of nitrogens with one attached hydrogen (secondary N) is 2. The van der Waals surface area contributed by atoms with E-state index in [1.54, 1.807) is 24.4 Å². The zero-order chi connectivity index (χ0) is 18.5. The van der Waals surface area contributed by atoms with E-state index in [1.165, 1.54) is 23.3 Å². The first-order chi connectivity index (χ1) is 12.5. The monoisotopic (exact) mass is 349 g/mol. The van der Waals surface area contributed by atoms with Crippen molar-refractivity contribution in [1.82, 2.24) is 10.3 Å². The molecule has 0 fully saturated rings. The summed E-state index contributed by atoms with van der Waals surface area (Å²) < 4.78 is 12.9. The number of aromatic nitrogens is 1. The maximum Gasteiger partial charge on any atom is 0.270 e. The summed E-state index contributed by atoms with van der Waals surface area (Å²) in [6, 6.07) is 15.6. The summed E-state index contributed by atoms with van der Waals surface area (Å²) in [6.45, 7) is 4.46. The Kier molecular flexibility index (Phi) is 5.27. The Bertz CT molecular complexity index is 906. The van der Waals surface area contributed by atoms with Crippen LogP contribution in [0.4, 0.5) is 15.8 Å². The Balaban J connectivity index is 1.60. The van der Waals surface area contributed by atoms with E-state index in [0.717, 1.165) is 16.9 Å².